The summed E-state index contributed by atoms with van der Waals surface area (Å²) in [5.74, 6) is 0.551. The Kier molecular flexibility index (Phi) is 7.32. The Bertz CT molecular complexity index is 698. The largest absolute Gasteiger partial charge is 0.481 e. The molecule has 2 aromatic carbocycles. The highest BCUT2D eigenvalue weighted by molar-refractivity contribution is 6.30. The zero-order valence-corrected chi connectivity index (χ0v) is 15.9. The molecule has 0 unspecified atom stereocenters. The first kappa shape index (κ1) is 19.3. The number of hydrogen-bond acceptors (Lipinski definition) is 2. The van der Waals surface area contributed by atoms with Gasteiger partial charge in [-0.1, -0.05) is 50.6 Å². The van der Waals surface area contributed by atoms with Crippen LogP contribution in [0.2, 0.25) is 5.02 Å². The lowest BCUT2D eigenvalue weighted by Crippen LogP contribution is -2.37. The summed E-state index contributed by atoms with van der Waals surface area (Å²) in [5.41, 5.74) is 3.73. The van der Waals surface area contributed by atoms with Crippen LogP contribution in [0.1, 0.15) is 43.9 Å². The summed E-state index contributed by atoms with van der Waals surface area (Å²) in [7, 11) is 0. The smallest absolute Gasteiger partial charge is 0.261 e. The SMILES string of the molecule is CCc1ccc(CC)c(CNC(=O)[C@H](CC)Oc2ccc(Cl)cc2)c1. The Morgan fingerprint density at radius 3 is 2.36 bits per heavy atom. The predicted molar refractivity (Wildman–Crippen MR) is 103 cm³/mol. The van der Waals surface area contributed by atoms with Gasteiger partial charge in [0, 0.05) is 11.6 Å². The number of benzene rings is 2. The van der Waals surface area contributed by atoms with Crippen LogP contribution in [0.4, 0.5) is 0 Å². The van der Waals surface area contributed by atoms with Gasteiger partial charge in [-0.2, -0.15) is 0 Å². The van der Waals surface area contributed by atoms with Crippen LogP contribution in [0.15, 0.2) is 42.5 Å². The molecule has 0 fully saturated rings. The molecule has 3 nitrogen and oxygen atoms in total. The summed E-state index contributed by atoms with van der Waals surface area (Å²) in [6, 6.07) is 13.6. The number of carbonyl (C=O) groups excluding carboxylic acids is 1. The van der Waals surface area contributed by atoms with Gasteiger partial charge in [0.15, 0.2) is 6.10 Å². The van der Waals surface area contributed by atoms with Crippen LogP contribution in [0.3, 0.4) is 0 Å². The van der Waals surface area contributed by atoms with Crippen molar-refractivity contribution in [1.29, 1.82) is 0 Å². The molecule has 0 bridgehead atoms. The highest BCUT2D eigenvalue weighted by atomic mass is 35.5. The van der Waals surface area contributed by atoms with Crippen molar-refractivity contribution < 1.29 is 9.53 Å². The average molecular weight is 360 g/mol. The monoisotopic (exact) mass is 359 g/mol. The maximum Gasteiger partial charge on any atom is 0.261 e. The zero-order valence-electron chi connectivity index (χ0n) is 15.1. The number of ether oxygens (including phenoxy) is 1. The van der Waals surface area contributed by atoms with Gasteiger partial charge in [0.2, 0.25) is 0 Å². The van der Waals surface area contributed by atoms with E-state index in [1.807, 2.05) is 6.92 Å². The maximum absolute atomic E-state index is 12.5. The number of rotatable bonds is 8. The molecule has 4 heteroatoms. The second kappa shape index (κ2) is 9.47. The van der Waals surface area contributed by atoms with Crippen LogP contribution in [-0.4, -0.2) is 12.0 Å². The second-order valence-electron chi connectivity index (χ2n) is 6.00. The lowest BCUT2D eigenvalue weighted by atomic mass is 10.0. The van der Waals surface area contributed by atoms with Crippen LogP contribution < -0.4 is 10.1 Å². The molecule has 0 aromatic heterocycles. The molecular weight excluding hydrogens is 334 g/mol. The molecule has 0 heterocycles. The number of amides is 1. The summed E-state index contributed by atoms with van der Waals surface area (Å²) in [6.07, 6.45) is 2.03. The van der Waals surface area contributed by atoms with Gasteiger partial charge in [0.1, 0.15) is 5.75 Å². The predicted octanol–water partition coefficient (Wildman–Crippen LogP) is 4.94. The third-order valence-electron chi connectivity index (χ3n) is 4.27. The van der Waals surface area contributed by atoms with Crippen molar-refractivity contribution in [2.75, 3.05) is 0 Å². The Morgan fingerprint density at radius 1 is 1.04 bits per heavy atom. The quantitative estimate of drug-likeness (QED) is 0.725. The van der Waals surface area contributed by atoms with Crippen LogP contribution in [-0.2, 0) is 24.2 Å². The fraction of sp³-hybridized carbons (Fsp3) is 0.381. The summed E-state index contributed by atoms with van der Waals surface area (Å²) in [5, 5.41) is 3.66. The molecule has 0 aliphatic heterocycles. The molecule has 1 amide bonds. The zero-order chi connectivity index (χ0) is 18.2. The van der Waals surface area contributed by atoms with E-state index in [1.54, 1.807) is 24.3 Å². The number of halogens is 1. The maximum atomic E-state index is 12.5. The van der Waals surface area contributed by atoms with Crippen molar-refractivity contribution in [1.82, 2.24) is 5.32 Å². The topological polar surface area (TPSA) is 38.3 Å². The molecular formula is C21H26ClNO2. The molecule has 0 saturated heterocycles. The van der Waals surface area contributed by atoms with E-state index in [9.17, 15) is 4.79 Å². The Labute approximate surface area is 155 Å². The molecule has 0 aliphatic rings. The molecule has 0 spiro atoms. The Morgan fingerprint density at radius 2 is 1.76 bits per heavy atom. The van der Waals surface area contributed by atoms with E-state index >= 15 is 0 Å². The van der Waals surface area contributed by atoms with Crippen molar-refractivity contribution in [3.63, 3.8) is 0 Å². The molecule has 1 N–H and O–H groups in total. The first-order chi connectivity index (χ1) is 12.1. The standard InChI is InChI=1S/C21H26ClNO2/c1-4-15-7-8-16(5-2)17(13-15)14-23-21(24)20(6-3)25-19-11-9-18(22)10-12-19/h7-13,20H,4-6,14H2,1-3H3,(H,23,24)/t20-/m0/s1. The Balaban J connectivity index is 2.01. The first-order valence-electron chi connectivity index (χ1n) is 8.87. The van der Waals surface area contributed by atoms with Gasteiger partial charge in [-0.3, -0.25) is 4.79 Å². The van der Waals surface area contributed by atoms with Crippen LogP contribution in [0.25, 0.3) is 0 Å². The second-order valence-corrected chi connectivity index (χ2v) is 6.43. The molecule has 0 radical (unpaired) electrons. The molecule has 134 valence electrons. The van der Waals surface area contributed by atoms with Crippen molar-refractivity contribution in [2.45, 2.75) is 52.7 Å². The normalized spacial score (nSPS) is 11.8. The van der Waals surface area contributed by atoms with E-state index < -0.39 is 6.10 Å². The van der Waals surface area contributed by atoms with E-state index in [4.69, 9.17) is 16.3 Å². The van der Waals surface area contributed by atoms with E-state index in [2.05, 4.69) is 37.4 Å². The van der Waals surface area contributed by atoms with Crippen molar-refractivity contribution >= 4 is 17.5 Å². The van der Waals surface area contributed by atoms with Crippen LogP contribution in [0.5, 0.6) is 5.75 Å². The minimum atomic E-state index is -0.513. The molecule has 0 saturated carbocycles. The van der Waals surface area contributed by atoms with E-state index in [0.717, 1.165) is 12.8 Å². The molecule has 1 atom stereocenters. The first-order valence-corrected chi connectivity index (χ1v) is 9.25. The number of carbonyl (C=O) groups is 1. The molecule has 2 rings (SSSR count). The van der Waals surface area contributed by atoms with Gasteiger partial charge in [0.05, 0.1) is 0 Å². The lowest BCUT2D eigenvalue weighted by Gasteiger charge is -2.18. The lowest BCUT2D eigenvalue weighted by molar-refractivity contribution is -0.128. The van der Waals surface area contributed by atoms with Gasteiger partial charge in [-0.05, 0) is 60.2 Å². The summed E-state index contributed by atoms with van der Waals surface area (Å²) < 4.78 is 5.80. The van der Waals surface area contributed by atoms with E-state index in [0.29, 0.717) is 23.7 Å². The summed E-state index contributed by atoms with van der Waals surface area (Å²) >= 11 is 5.88. The fourth-order valence-electron chi connectivity index (χ4n) is 2.70. The van der Waals surface area contributed by atoms with Gasteiger partial charge in [0.25, 0.3) is 5.91 Å². The highest BCUT2D eigenvalue weighted by Gasteiger charge is 2.18. The fourth-order valence-corrected chi connectivity index (χ4v) is 2.83. The summed E-state index contributed by atoms with van der Waals surface area (Å²) in [6.45, 7) is 6.73. The van der Waals surface area contributed by atoms with E-state index in [1.165, 1.54) is 16.7 Å². The van der Waals surface area contributed by atoms with Crippen LogP contribution >= 0.6 is 11.6 Å². The average Bonchev–Trinajstić information content (AvgIpc) is 2.65. The van der Waals surface area contributed by atoms with Crippen molar-refractivity contribution in [2.24, 2.45) is 0 Å². The number of nitrogens with one attached hydrogen (secondary N) is 1. The third kappa shape index (κ3) is 5.50. The van der Waals surface area contributed by atoms with Gasteiger partial charge >= 0.3 is 0 Å². The van der Waals surface area contributed by atoms with Gasteiger partial charge in [-0.15, -0.1) is 0 Å². The van der Waals surface area contributed by atoms with Gasteiger partial charge < -0.3 is 10.1 Å². The Hall–Kier alpha value is -2.00. The number of aryl methyl sites for hydroxylation is 2. The minimum Gasteiger partial charge on any atom is -0.481 e. The molecule has 0 aliphatic carbocycles. The van der Waals surface area contributed by atoms with Crippen LogP contribution in [0, 0.1) is 0 Å². The minimum absolute atomic E-state index is 0.0959. The van der Waals surface area contributed by atoms with Crippen molar-refractivity contribution in [3.8, 4) is 5.75 Å². The van der Waals surface area contributed by atoms with E-state index in [-0.39, 0.29) is 5.91 Å². The number of hydrogen-bond donors (Lipinski definition) is 1. The highest BCUT2D eigenvalue weighted by Crippen LogP contribution is 2.18. The molecule has 25 heavy (non-hydrogen) atoms. The third-order valence-corrected chi connectivity index (χ3v) is 4.52. The van der Waals surface area contributed by atoms with Crippen molar-refractivity contribution in [3.05, 3.63) is 64.2 Å². The van der Waals surface area contributed by atoms with Gasteiger partial charge in [-0.25, -0.2) is 0 Å². The summed E-state index contributed by atoms with van der Waals surface area (Å²) in [4.78, 5) is 12.5. The molecule has 2 aromatic rings.